The molecule has 0 amide bonds. The lowest BCUT2D eigenvalue weighted by atomic mass is 9.97. The lowest BCUT2D eigenvalue weighted by Gasteiger charge is -2.36. The first kappa shape index (κ1) is 15.1. The van der Waals surface area contributed by atoms with Gasteiger partial charge < -0.3 is 4.90 Å². The Hall–Kier alpha value is -1.48. The third-order valence-corrected chi connectivity index (χ3v) is 6.45. The van der Waals surface area contributed by atoms with Gasteiger partial charge in [-0.25, -0.2) is 0 Å². The van der Waals surface area contributed by atoms with Gasteiger partial charge in [-0.3, -0.25) is 14.5 Å². The van der Waals surface area contributed by atoms with E-state index in [-0.39, 0.29) is 29.0 Å². The summed E-state index contributed by atoms with van der Waals surface area (Å²) in [6.45, 7) is 6.22. The lowest BCUT2D eigenvalue weighted by Crippen LogP contribution is -2.45. The summed E-state index contributed by atoms with van der Waals surface area (Å²) in [7, 11) is 2.13. The van der Waals surface area contributed by atoms with Crippen LogP contribution in [0.1, 0.15) is 49.3 Å². The van der Waals surface area contributed by atoms with Crippen molar-refractivity contribution in [3.63, 3.8) is 0 Å². The highest BCUT2D eigenvalue weighted by molar-refractivity contribution is 7.15. The Morgan fingerprint density at radius 1 is 1.09 bits per heavy atom. The second kappa shape index (κ2) is 5.55. The molecule has 1 saturated heterocycles. The van der Waals surface area contributed by atoms with E-state index in [4.69, 9.17) is 0 Å². The van der Waals surface area contributed by atoms with Crippen LogP contribution in [0.2, 0.25) is 0 Å². The number of thiophene rings is 1. The molecule has 0 bridgehead atoms. The van der Waals surface area contributed by atoms with Gasteiger partial charge in [-0.05, 0) is 20.0 Å². The molecule has 3 heterocycles. The van der Waals surface area contributed by atoms with Crippen molar-refractivity contribution in [2.45, 2.75) is 13.0 Å². The van der Waals surface area contributed by atoms with E-state index >= 15 is 0 Å². The van der Waals surface area contributed by atoms with E-state index in [1.807, 2.05) is 6.07 Å². The molecular formula is C15H16N4O2S2. The highest BCUT2D eigenvalue weighted by Gasteiger charge is 2.36. The Morgan fingerprint density at radius 3 is 2.43 bits per heavy atom. The summed E-state index contributed by atoms with van der Waals surface area (Å²) in [4.78, 5) is 31.3. The number of ketones is 2. The van der Waals surface area contributed by atoms with Crippen LogP contribution >= 0.6 is 23.1 Å². The van der Waals surface area contributed by atoms with Crippen molar-refractivity contribution >= 4 is 34.6 Å². The summed E-state index contributed by atoms with van der Waals surface area (Å²) in [6.07, 6.45) is 0. The van der Waals surface area contributed by atoms with Gasteiger partial charge in [0.2, 0.25) is 11.6 Å². The van der Waals surface area contributed by atoms with Crippen LogP contribution in [-0.2, 0) is 0 Å². The van der Waals surface area contributed by atoms with Crippen molar-refractivity contribution in [2.75, 3.05) is 33.2 Å². The zero-order chi connectivity index (χ0) is 16.1. The first-order valence-corrected chi connectivity index (χ1v) is 9.09. The summed E-state index contributed by atoms with van der Waals surface area (Å²) in [5, 5.41) is 0. The Kier molecular flexibility index (Phi) is 3.64. The van der Waals surface area contributed by atoms with Crippen LogP contribution in [0.15, 0.2) is 6.07 Å². The van der Waals surface area contributed by atoms with Gasteiger partial charge in [0.25, 0.3) is 0 Å². The molecule has 0 radical (unpaired) electrons. The normalized spacial score (nSPS) is 20.4. The Balaban J connectivity index is 1.65. The van der Waals surface area contributed by atoms with Crippen molar-refractivity contribution < 1.29 is 9.59 Å². The molecule has 1 fully saturated rings. The molecule has 2 aliphatic rings. The Bertz CT molecular complexity index is 741. The SMILES string of the molecule is CC(c1cc2c(s1)C(=O)c1nsnc1C2=O)N1CCN(C)CC1. The van der Waals surface area contributed by atoms with Crippen LogP contribution in [0.4, 0.5) is 0 Å². The van der Waals surface area contributed by atoms with Gasteiger partial charge in [0.15, 0.2) is 11.4 Å². The maximum Gasteiger partial charge on any atom is 0.225 e. The minimum Gasteiger partial charge on any atom is -0.304 e. The number of rotatable bonds is 2. The van der Waals surface area contributed by atoms with Crippen molar-refractivity contribution in [1.29, 1.82) is 0 Å². The molecule has 0 N–H and O–H groups in total. The molecule has 6 nitrogen and oxygen atoms in total. The van der Waals surface area contributed by atoms with Gasteiger partial charge in [-0.1, -0.05) is 0 Å². The molecule has 2 aromatic rings. The molecule has 1 unspecified atom stereocenters. The fraction of sp³-hybridized carbons (Fsp3) is 0.467. The van der Waals surface area contributed by atoms with Gasteiger partial charge >= 0.3 is 0 Å². The van der Waals surface area contributed by atoms with Gasteiger partial charge in [0, 0.05) is 42.7 Å². The van der Waals surface area contributed by atoms with E-state index < -0.39 is 0 Å². The van der Waals surface area contributed by atoms with E-state index in [9.17, 15) is 9.59 Å². The van der Waals surface area contributed by atoms with Crippen LogP contribution in [0.25, 0.3) is 0 Å². The smallest absolute Gasteiger partial charge is 0.225 e. The summed E-state index contributed by atoms with van der Waals surface area (Å²) in [5.41, 5.74) is 0.924. The zero-order valence-electron chi connectivity index (χ0n) is 12.9. The van der Waals surface area contributed by atoms with Gasteiger partial charge in [0.05, 0.1) is 16.6 Å². The van der Waals surface area contributed by atoms with Crippen LogP contribution in [0, 0.1) is 0 Å². The van der Waals surface area contributed by atoms with E-state index in [1.165, 1.54) is 11.3 Å². The Labute approximate surface area is 142 Å². The Morgan fingerprint density at radius 2 is 1.74 bits per heavy atom. The fourth-order valence-corrected chi connectivity index (χ4v) is 4.79. The number of carbonyl (C=O) groups excluding carboxylic acids is 2. The average molecular weight is 348 g/mol. The molecule has 8 heteroatoms. The fourth-order valence-electron chi connectivity index (χ4n) is 3.06. The summed E-state index contributed by atoms with van der Waals surface area (Å²) >= 11 is 2.35. The van der Waals surface area contributed by atoms with Gasteiger partial charge in [0.1, 0.15) is 0 Å². The standard InChI is InChI=1S/C15H16N4O2S2/c1-8(19-5-3-18(2)4-6-19)10-7-9-13(20)11-12(17-23-16-11)14(21)15(9)22-10/h7-8H,3-6H2,1-2H3. The van der Waals surface area contributed by atoms with Crippen LogP contribution in [0.5, 0.6) is 0 Å². The molecule has 1 aliphatic heterocycles. The third kappa shape index (κ3) is 2.37. The third-order valence-electron chi connectivity index (χ3n) is 4.62. The molecule has 1 atom stereocenters. The first-order chi connectivity index (χ1) is 11.1. The minimum atomic E-state index is -0.170. The maximum absolute atomic E-state index is 12.5. The molecule has 4 rings (SSSR count). The van der Waals surface area contributed by atoms with Crippen molar-refractivity contribution in [2.24, 2.45) is 0 Å². The number of fused-ring (bicyclic) bond motifs is 2. The number of hydrogen-bond acceptors (Lipinski definition) is 8. The first-order valence-electron chi connectivity index (χ1n) is 7.54. The van der Waals surface area contributed by atoms with Crippen molar-refractivity contribution in [1.82, 2.24) is 18.5 Å². The predicted octanol–water partition coefficient (Wildman–Crippen LogP) is 1.68. The van der Waals surface area contributed by atoms with Crippen LogP contribution in [-0.4, -0.2) is 63.3 Å². The monoisotopic (exact) mass is 348 g/mol. The van der Waals surface area contributed by atoms with Crippen LogP contribution in [0.3, 0.4) is 0 Å². The maximum atomic E-state index is 12.5. The number of aromatic nitrogens is 2. The van der Waals surface area contributed by atoms with Crippen LogP contribution < -0.4 is 0 Å². The summed E-state index contributed by atoms with van der Waals surface area (Å²) in [6, 6.07) is 2.09. The highest BCUT2D eigenvalue weighted by Crippen LogP contribution is 2.36. The van der Waals surface area contributed by atoms with Gasteiger partial charge in [-0.15, -0.1) is 11.3 Å². The highest BCUT2D eigenvalue weighted by atomic mass is 32.1. The zero-order valence-corrected chi connectivity index (χ0v) is 14.5. The van der Waals surface area contributed by atoms with E-state index in [2.05, 4.69) is 32.5 Å². The average Bonchev–Trinajstić information content (AvgIpc) is 3.20. The summed E-state index contributed by atoms with van der Waals surface area (Å²) in [5.74, 6) is -0.332. The lowest BCUT2D eigenvalue weighted by molar-refractivity contribution is 0.0977. The van der Waals surface area contributed by atoms with Crippen molar-refractivity contribution in [3.8, 4) is 0 Å². The number of nitrogens with zero attached hydrogens (tertiary/aromatic N) is 4. The molecule has 0 saturated carbocycles. The van der Waals surface area contributed by atoms with E-state index in [1.54, 1.807) is 0 Å². The van der Waals surface area contributed by atoms with E-state index in [0.29, 0.717) is 10.4 Å². The summed E-state index contributed by atoms with van der Waals surface area (Å²) < 4.78 is 7.98. The molecule has 23 heavy (non-hydrogen) atoms. The number of likely N-dealkylation sites (N-methyl/N-ethyl adjacent to an activating group) is 1. The molecular weight excluding hydrogens is 332 g/mol. The van der Waals surface area contributed by atoms with Gasteiger partial charge in [-0.2, -0.15) is 8.75 Å². The number of piperazine rings is 1. The molecule has 0 spiro atoms. The molecule has 120 valence electrons. The number of carbonyl (C=O) groups is 2. The largest absolute Gasteiger partial charge is 0.304 e. The molecule has 1 aliphatic carbocycles. The topological polar surface area (TPSA) is 66.4 Å². The van der Waals surface area contributed by atoms with E-state index in [0.717, 1.165) is 42.8 Å². The number of hydrogen-bond donors (Lipinski definition) is 0. The quantitative estimate of drug-likeness (QED) is 0.702. The molecule has 2 aromatic heterocycles. The second-order valence-electron chi connectivity index (χ2n) is 6.03. The predicted molar refractivity (Wildman–Crippen MR) is 88.6 cm³/mol. The second-order valence-corrected chi connectivity index (χ2v) is 7.64. The minimum absolute atomic E-state index is 0.162. The molecule has 0 aromatic carbocycles. The van der Waals surface area contributed by atoms with Crippen molar-refractivity contribution in [3.05, 3.63) is 32.8 Å².